The van der Waals surface area contributed by atoms with Crippen molar-refractivity contribution in [2.75, 3.05) is 6.54 Å². The first-order chi connectivity index (χ1) is 29.5. The van der Waals surface area contributed by atoms with Crippen molar-refractivity contribution >= 4 is 59.2 Å². The zero-order valence-corrected chi connectivity index (χ0v) is 36.0. The van der Waals surface area contributed by atoms with E-state index in [2.05, 4.69) is 31.9 Å². The van der Waals surface area contributed by atoms with E-state index in [-0.39, 0.29) is 18.6 Å². The van der Waals surface area contributed by atoms with E-state index >= 15 is 0 Å². The minimum absolute atomic E-state index is 0.00303. The van der Waals surface area contributed by atoms with Crippen LogP contribution in [0.3, 0.4) is 0 Å². The number of carbonyl (C=O) groups is 10. The third kappa shape index (κ3) is 20.4. The monoisotopic (exact) mass is 892 g/mol. The lowest BCUT2D eigenvalue weighted by Gasteiger charge is -2.29. The van der Waals surface area contributed by atoms with E-state index in [1.54, 1.807) is 39.8 Å². The molecule has 1 aromatic carbocycles. The van der Waals surface area contributed by atoms with Crippen LogP contribution < -0.4 is 54.8 Å². The van der Waals surface area contributed by atoms with E-state index < -0.39 is 145 Å². The molecule has 0 aliphatic carbocycles. The van der Waals surface area contributed by atoms with Gasteiger partial charge in [-0.3, -0.25) is 43.2 Å². The first kappa shape index (κ1) is 54.7. The van der Waals surface area contributed by atoms with Crippen LogP contribution in [0.4, 0.5) is 0 Å². The Morgan fingerprint density at radius 2 is 1.10 bits per heavy atom. The third-order valence-corrected chi connectivity index (χ3v) is 9.96. The number of aromatic hydroxyl groups is 1. The summed E-state index contributed by atoms with van der Waals surface area (Å²) in [5.74, 6) is -11.7. The molecule has 352 valence electrons. The molecule has 0 aromatic heterocycles. The summed E-state index contributed by atoms with van der Waals surface area (Å²) in [5.41, 5.74) is 22.9. The van der Waals surface area contributed by atoms with Gasteiger partial charge in [0, 0.05) is 12.8 Å². The molecular formula is C40H64N10O13. The van der Waals surface area contributed by atoms with Crippen LogP contribution in [0.25, 0.3) is 0 Å². The Hall–Kier alpha value is -6.36. The van der Waals surface area contributed by atoms with Crippen molar-refractivity contribution in [2.24, 2.45) is 34.8 Å². The molecule has 0 bridgehead atoms. The molecule has 23 heteroatoms. The average Bonchev–Trinajstić information content (AvgIpc) is 3.20. The number of carboxylic acid groups (broad SMARTS) is 2. The highest BCUT2D eigenvalue weighted by Crippen LogP contribution is 2.14. The van der Waals surface area contributed by atoms with E-state index in [1.165, 1.54) is 12.1 Å². The van der Waals surface area contributed by atoms with Crippen molar-refractivity contribution in [1.29, 1.82) is 0 Å². The molecule has 0 saturated carbocycles. The highest BCUT2D eigenvalue weighted by Gasteiger charge is 2.36. The van der Waals surface area contributed by atoms with Crippen LogP contribution >= 0.6 is 0 Å². The Morgan fingerprint density at radius 1 is 0.603 bits per heavy atom. The van der Waals surface area contributed by atoms with Crippen molar-refractivity contribution < 1.29 is 63.3 Å². The maximum atomic E-state index is 13.7. The molecule has 0 fully saturated rings. The van der Waals surface area contributed by atoms with Crippen LogP contribution in [0.15, 0.2) is 24.3 Å². The van der Waals surface area contributed by atoms with E-state index in [9.17, 15) is 63.3 Å². The minimum Gasteiger partial charge on any atom is -0.508 e. The van der Waals surface area contributed by atoms with Gasteiger partial charge >= 0.3 is 11.9 Å². The number of carbonyl (C=O) groups excluding carboxylic acids is 8. The van der Waals surface area contributed by atoms with E-state index in [0.29, 0.717) is 31.4 Å². The average molecular weight is 893 g/mol. The maximum Gasteiger partial charge on any atom is 0.326 e. The van der Waals surface area contributed by atoms with Crippen LogP contribution in [0, 0.1) is 11.8 Å². The first-order valence-corrected chi connectivity index (χ1v) is 20.6. The maximum absolute atomic E-state index is 13.7. The molecule has 1 rings (SSSR count). The fraction of sp³-hybridized carbons (Fsp3) is 0.600. The van der Waals surface area contributed by atoms with Crippen molar-refractivity contribution in [1.82, 2.24) is 31.9 Å². The van der Waals surface area contributed by atoms with Crippen LogP contribution in [-0.2, 0) is 54.4 Å². The molecule has 0 spiro atoms. The molecule has 1 aromatic rings. The van der Waals surface area contributed by atoms with Gasteiger partial charge in [0.05, 0.1) is 12.5 Å². The molecular weight excluding hydrogens is 828 g/mol. The van der Waals surface area contributed by atoms with E-state index in [4.69, 9.17) is 22.9 Å². The number of amides is 8. The number of phenolic OH excluding ortho intramolecular Hbond substituents is 1. The zero-order valence-electron chi connectivity index (χ0n) is 36.0. The third-order valence-electron chi connectivity index (χ3n) is 9.96. The van der Waals surface area contributed by atoms with Crippen LogP contribution in [0.2, 0.25) is 0 Å². The van der Waals surface area contributed by atoms with Gasteiger partial charge in [0.1, 0.15) is 42.0 Å². The Morgan fingerprint density at radius 3 is 1.60 bits per heavy atom. The van der Waals surface area contributed by atoms with Gasteiger partial charge in [-0.2, -0.15) is 0 Å². The molecule has 0 radical (unpaired) electrons. The number of hydrogen-bond donors (Lipinski definition) is 13. The number of primary amides is 2. The summed E-state index contributed by atoms with van der Waals surface area (Å²) < 4.78 is 0. The highest BCUT2D eigenvalue weighted by atomic mass is 16.4. The van der Waals surface area contributed by atoms with E-state index in [1.807, 2.05) is 0 Å². The number of nitrogens with one attached hydrogen (secondary N) is 6. The van der Waals surface area contributed by atoms with Crippen molar-refractivity contribution in [2.45, 2.75) is 134 Å². The smallest absolute Gasteiger partial charge is 0.326 e. The molecule has 23 nitrogen and oxygen atoms in total. The molecule has 0 heterocycles. The minimum atomic E-state index is -1.85. The fourth-order valence-corrected chi connectivity index (χ4v) is 6.05. The topological polar surface area (TPSA) is 408 Å². The second-order valence-electron chi connectivity index (χ2n) is 15.6. The van der Waals surface area contributed by atoms with Crippen molar-refractivity contribution in [3.8, 4) is 5.75 Å². The summed E-state index contributed by atoms with van der Waals surface area (Å²) >= 11 is 0. The predicted octanol–water partition coefficient (Wildman–Crippen LogP) is -2.91. The molecule has 0 saturated heterocycles. The summed E-state index contributed by atoms with van der Waals surface area (Å²) in [6.45, 7) is 6.77. The lowest BCUT2D eigenvalue weighted by Crippen LogP contribution is -2.61. The second-order valence-corrected chi connectivity index (χ2v) is 15.6. The van der Waals surface area contributed by atoms with Gasteiger partial charge < -0.3 is 70.2 Å². The standard InChI is InChI=1S/C40H64N10O13/c1-5-21(4)33(50-34(56)24(42)18-22-9-11-23(51)12-10-22)39(61)46-26(14-16-31(54)55)35(57)48-28(19-30(44)53)37(59)45-25(13-15-29(43)52)36(58)49-32(20(2)3)38(60)47-27(40(62)63)8-6-7-17-41/h9-12,20-21,24-28,32-33,51H,5-8,13-19,41-42H2,1-4H3,(H2,43,52)(H2,44,53)(H,45,59)(H,46,61)(H,47,60)(H,48,57)(H,49,58)(H,50,56)(H,54,55)(H,62,63). The molecule has 0 aliphatic heterocycles. The van der Waals surface area contributed by atoms with Crippen LogP contribution in [0.5, 0.6) is 5.75 Å². The highest BCUT2D eigenvalue weighted by molar-refractivity contribution is 5.98. The number of benzene rings is 1. The Kier molecular flexibility index (Phi) is 23.9. The van der Waals surface area contributed by atoms with Gasteiger partial charge in [0.25, 0.3) is 0 Å². The Bertz CT molecular complexity index is 1760. The molecule has 17 N–H and O–H groups in total. The molecule has 8 atom stereocenters. The lowest BCUT2D eigenvalue weighted by atomic mass is 9.96. The molecule has 8 amide bonds. The van der Waals surface area contributed by atoms with Gasteiger partial charge in [-0.15, -0.1) is 0 Å². The number of phenols is 1. The van der Waals surface area contributed by atoms with Crippen LogP contribution in [-0.4, -0.2) is 123 Å². The van der Waals surface area contributed by atoms with Gasteiger partial charge in [-0.1, -0.05) is 46.2 Å². The van der Waals surface area contributed by atoms with Gasteiger partial charge in [-0.05, 0) is 74.6 Å². The van der Waals surface area contributed by atoms with Gasteiger partial charge in [0.2, 0.25) is 47.3 Å². The Balaban J connectivity index is 3.36. The van der Waals surface area contributed by atoms with Crippen molar-refractivity contribution in [3.63, 3.8) is 0 Å². The SMILES string of the molecule is CCC(C)C(NC(=O)C(N)Cc1ccc(O)cc1)C(=O)NC(CCC(=O)O)C(=O)NC(CC(N)=O)C(=O)NC(CCC(N)=O)C(=O)NC(C(=O)NC(CCCCN)C(=O)O)C(C)C. The van der Waals surface area contributed by atoms with Gasteiger partial charge in [-0.25, -0.2) is 4.79 Å². The number of unbranched alkanes of at least 4 members (excludes halogenated alkanes) is 1. The number of aliphatic carboxylic acids is 2. The summed E-state index contributed by atoms with van der Waals surface area (Å²) in [7, 11) is 0. The number of nitrogens with two attached hydrogens (primary N) is 4. The number of carboxylic acids is 2. The largest absolute Gasteiger partial charge is 0.508 e. The number of rotatable bonds is 30. The van der Waals surface area contributed by atoms with Gasteiger partial charge in [0.15, 0.2) is 0 Å². The van der Waals surface area contributed by atoms with Crippen molar-refractivity contribution in [3.05, 3.63) is 29.8 Å². The van der Waals surface area contributed by atoms with Crippen LogP contribution in [0.1, 0.15) is 91.0 Å². The normalized spacial score (nSPS) is 14.8. The molecule has 63 heavy (non-hydrogen) atoms. The summed E-state index contributed by atoms with van der Waals surface area (Å²) in [4.78, 5) is 129. The summed E-state index contributed by atoms with van der Waals surface area (Å²) in [6.07, 6.45) is -1.65. The second kappa shape index (κ2) is 27.6. The summed E-state index contributed by atoms with van der Waals surface area (Å²) in [6, 6.07) is -4.29. The lowest BCUT2D eigenvalue weighted by molar-refractivity contribution is -0.143. The van der Waals surface area contributed by atoms with E-state index in [0.717, 1.165) is 0 Å². The Labute approximate surface area is 364 Å². The number of hydrogen-bond acceptors (Lipinski definition) is 13. The quantitative estimate of drug-likeness (QED) is 0.0345. The fourth-order valence-electron chi connectivity index (χ4n) is 6.05. The molecule has 8 unspecified atom stereocenters. The summed E-state index contributed by atoms with van der Waals surface area (Å²) in [5, 5.41) is 43.0. The predicted molar refractivity (Wildman–Crippen MR) is 225 cm³/mol. The first-order valence-electron chi connectivity index (χ1n) is 20.6. The zero-order chi connectivity index (χ0) is 48.0. The molecule has 0 aliphatic rings.